The van der Waals surface area contributed by atoms with Gasteiger partial charge in [0.05, 0.1) is 16.4 Å². The number of nitrogens with one attached hydrogen (secondary N) is 1. The number of carbonyl (C=O) groups is 1. The summed E-state index contributed by atoms with van der Waals surface area (Å²) in [4.78, 5) is 15.8. The normalized spacial score (nSPS) is 16.4. The van der Waals surface area contributed by atoms with Crippen LogP contribution >= 0.6 is 27.5 Å². The van der Waals surface area contributed by atoms with E-state index in [1.54, 1.807) is 12.3 Å². The predicted molar refractivity (Wildman–Crippen MR) is 67.5 cm³/mol. The molecule has 1 saturated carbocycles. The van der Waals surface area contributed by atoms with E-state index in [2.05, 4.69) is 26.2 Å². The third kappa shape index (κ3) is 2.74. The minimum atomic E-state index is 0.0912. The van der Waals surface area contributed by atoms with Crippen molar-refractivity contribution < 1.29 is 4.79 Å². The number of hydrogen-bond acceptors (Lipinski definition) is 2. The summed E-state index contributed by atoms with van der Waals surface area (Å²) < 4.78 is 0.693. The number of nitrogens with zero attached hydrogens (tertiary/aromatic N) is 1. The van der Waals surface area contributed by atoms with Crippen LogP contribution in [-0.4, -0.2) is 10.9 Å². The summed E-state index contributed by atoms with van der Waals surface area (Å²) in [5.41, 5.74) is 0.688. The van der Waals surface area contributed by atoms with Crippen LogP contribution in [0.3, 0.4) is 0 Å². The number of halogens is 2. The van der Waals surface area contributed by atoms with Crippen molar-refractivity contribution in [3.05, 3.63) is 21.9 Å². The Labute approximate surface area is 108 Å². The molecule has 0 unspecified atom stereocenters. The quantitative estimate of drug-likeness (QED) is 0.848. The van der Waals surface area contributed by atoms with Crippen molar-refractivity contribution in [3.63, 3.8) is 0 Å². The number of amides is 1. The van der Waals surface area contributed by atoms with Gasteiger partial charge < -0.3 is 5.32 Å². The molecule has 5 heteroatoms. The summed E-state index contributed by atoms with van der Waals surface area (Å²) in [5, 5.41) is 3.26. The van der Waals surface area contributed by atoms with Crippen LogP contribution in [0, 0.1) is 5.92 Å². The summed E-state index contributed by atoms with van der Waals surface area (Å²) in [5.74, 6) is 0.253. The molecule has 1 fully saturated rings. The second kappa shape index (κ2) is 5.15. The Morgan fingerprint density at radius 2 is 2.19 bits per heavy atom. The molecule has 1 amide bonds. The van der Waals surface area contributed by atoms with Gasteiger partial charge in [-0.15, -0.1) is 0 Å². The zero-order chi connectivity index (χ0) is 11.5. The Bertz CT molecular complexity index is 405. The average Bonchev–Trinajstić information content (AvgIpc) is 2.77. The summed E-state index contributed by atoms with van der Waals surface area (Å²) in [7, 11) is 0. The van der Waals surface area contributed by atoms with E-state index in [0.717, 1.165) is 25.7 Å². The van der Waals surface area contributed by atoms with Crippen molar-refractivity contribution in [3.8, 4) is 0 Å². The maximum atomic E-state index is 11.8. The van der Waals surface area contributed by atoms with Crippen LogP contribution in [0.1, 0.15) is 25.7 Å². The Morgan fingerprint density at radius 1 is 1.50 bits per heavy atom. The first-order valence-electron chi connectivity index (χ1n) is 5.29. The van der Waals surface area contributed by atoms with Crippen molar-refractivity contribution in [1.82, 2.24) is 4.98 Å². The van der Waals surface area contributed by atoms with Crippen molar-refractivity contribution in [2.24, 2.45) is 5.92 Å². The number of aromatic nitrogens is 1. The fraction of sp³-hybridized carbons (Fsp3) is 0.455. The molecule has 0 spiro atoms. The summed E-state index contributed by atoms with van der Waals surface area (Å²) in [6.07, 6.45) is 5.86. The van der Waals surface area contributed by atoms with Crippen molar-refractivity contribution in [1.29, 1.82) is 0 Å². The molecule has 1 aromatic rings. The molecule has 1 aliphatic rings. The number of carbonyl (C=O) groups excluding carboxylic acids is 1. The molecule has 0 aromatic carbocycles. The van der Waals surface area contributed by atoms with E-state index in [1.807, 2.05) is 0 Å². The van der Waals surface area contributed by atoms with Crippen LogP contribution in [-0.2, 0) is 4.79 Å². The molecule has 3 nitrogen and oxygen atoms in total. The highest BCUT2D eigenvalue weighted by Crippen LogP contribution is 2.27. The Morgan fingerprint density at radius 3 is 2.81 bits per heavy atom. The molecule has 1 aromatic heterocycles. The monoisotopic (exact) mass is 302 g/mol. The van der Waals surface area contributed by atoms with Crippen LogP contribution in [0.2, 0.25) is 5.15 Å². The Balaban J connectivity index is 2.02. The Hall–Kier alpha value is -0.610. The number of rotatable bonds is 2. The average molecular weight is 304 g/mol. The van der Waals surface area contributed by atoms with Gasteiger partial charge in [0.1, 0.15) is 5.15 Å². The molecule has 2 rings (SSSR count). The lowest BCUT2D eigenvalue weighted by Crippen LogP contribution is -2.20. The lowest BCUT2D eigenvalue weighted by molar-refractivity contribution is -0.119. The number of anilines is 1. The maximum Gasteiger partial charge on any atom is 0.227 e. The van der Waals surface area contributed by atoms with E-state index in [4.69, 9.17) is 11.6 Å². The SMILES string of the molecule is O=C(Nc1cnc(Cl)c(Br)c1)C1CCCC1. The molecule has 1 N–H and O–H groups in total. The Kier molecular flexibility index (Phi) is 3.82. The lowest BCUT2D eigenvalue weighted by atomic mass is 10.1. The van der Waals surface area contributed by atoms with Gasteiger partial charge in [0, 0.05) is 5.92 Å². The molecule has 86 valence electrons. The van der Waals surface area contributed by atoms with E-state index in [0.29, 0.717) is 15.3 Å². The first-order valence-corrected chi connectivity index (χ1v) is 6.46. The predicted octanol–water partition coefficient (Wildman–Crippen LogP) is 3.63. The fourth-order valence-electron chi connectivity index (χ4n) is 1.92. The number of hydrogen-bond donors (Lipinski definition) is 1. The fourth-order valence-corrected chi connectivity index (χ4v) is 2.37. The topological polar surface area (TPSA) is 42.0 Å². The summed E-state index contributed by atoms with van der Waals surface area (Å²) in [6, 6.07) is 1.77. The minimum absolute atomic E-state index is 0.0912. The number of pyridine rings is 1. The molecule has 0 saturated heterocycles. The molecular weight excluding hydrogens is 291 g/mol. The van der Waals surface area contributed by atoms with Gasteiger partial charge in [0.15, 0.2) is 0 Å². The van der Waals surface area contributed by atoms with Gasteiger partial charge in [-0.2, -0.15) is 0 Å². The van der Waals surface area contributed by atoms with Crippen LogP contribution in [0.25, 0.3) is 0 Å². The minimum Gasteiger partial charge on any atom is -0.324 e. The molecule has 1 aliphatic carbocycles. The van der Waals surface area contributed by atoms with Gasteiger partial charge in [-0.3, -0.25) is 4.79 Å². The first-order chi connectivity index (χ1) is 7.66. The van der Waals surface area contributed by atoms with Crippen molar-refractivity contribution in [2.45, 2.75) is 25.7 Å². The highest BCUT2D eigenvalue weighted by molar-refractivity contribution is 9.10. The van der Waals surface area contributed by atoms with E-state index in [-0.39, 0.29) is 11.8 Å². The first kappa shape index (κ1) is 11.9. The third-order valence-corrected chi connectivity index (χ3v) is 3.92. The smallest absolute Gasteiger partial charge is 0.227 e. The van der Waals surface area contributed by atoms with E-state index in [1.165, 1.54) is 0 Å². The van der Waals surface area contributed by atoms with E-state index in [9.17, 15) is 4.79 Å². The van der Waals surface area contributed by atoms with Gasteiger partial charge in [0.2, 0.25) is 5.91 Å². The van der Waals surface area contributed by atoms with Gasteiger partial charge in [-0.25, -0.2) is 4.98 Å². The molecule has 16 heavy (non-hydrogen) atoms. The van der Waals surface area contributed by atoms with Crippen molar-refractivity contribution >= 4 is 39.1 Å². The molecule has 0 atom stereocenters. The van der Waals surface area contributed by atoms with E-state index < -0.39 is 0 Å². The van der Waals surface area contributed by atoms with Crippen LogP contribution in [0.4, 0.5) is 5.69 Å². The molecular formula is C11H12BrClN2O. The molecule has 0 bridgehead atoms. The second-order valence-electron chi connectivity index (χ2n) is 3.97. The molecule has 1 heterocycles. The highest BCUT2D eigenvalue weighted by Gasteiger charge is 2.22. The van der Waals surface area contributed by atoms with Crippen LogP contribution in [0.15, 0.2) is 16.7 Å². The summed E-state index contributed by atoms with van der Waals surface area (Å²) in [6.45, 7) is 0. The molecule has 0 radical (unpaired) electrons. The lowest BCUT2D eigenvalue weighted by Gasteiger charge is -2.10. The van der Waals surface area contributed by atoms with Gasteiger partial charge in [-0.1, -0.05) is 24.4 Å². The zero-order valence-corrected chi connectivity index (χ0v) is 11.0. The second-order valence-corrected chi connectivity index (χ2v) is 5.18. The third-order valence-electron chi connectivity index (χ3n) is 2.79. The van der Waals surface area contributed by atoms with Gasteiger partial charge in [-0.05, 0) is 34.8 Å². The molecule has 0 aliphatic heterocycles. The van der Waals surface area contributed by atoms with Gasteiger partial charge >= 0.3 is 0 Å². The van der Waals surface area contributed by atoms with Crippen LogP contribution < -0.4 is 5.32 Å². The standard InChI is InChI=1S/C11H12BrClN2O/c12-9-5-8(6-14-10(9)13)15-11(16)7-3-1-2-4-7/h5-7H,1-4H2,(H,15,16). The van der Waals surface area contributed by atoms with Crippen molar-refractivity contribution in [2.75, 3.05) is 5.32 Å². The largest absolute Gasteiger partial charge is 0.324 e. The highest BCUT2D eigenvalue weighted by atomic mass is 79.9. The van der Waals surface area contributed by atoms with E-state index >= 15 is 0 Å². The van der Waals surface area contributed by atoms with Gasteiger partial charge in [0.25, 0.3) is 0 Å². The van der Waals surface area contributed by atoms with Crippen LogP contribution in [0.5, 0.6) is 0 Å². The summed E-state index contributed by atoms with van der Waals surface area (Å²) >= 11 is 9.05. The zero-order valence-electron chi connectivity index (χ0n) is 8.67. The maximum absolute atomic E-state index is 11.8.